The van der Waals surface area contributed by atoms with Crippen molar-refractivity contribution in [3.8, 4) is 0 Å². The van der Waals surface area contributed by atoms with E-state index in [1.807, 2.05) is 7.05 Å². The zero-order chi connectivity index (χ0) is 8.81. The van der Waals surface area contributed by atoms with Crippen molar-refractivity contribution >= 4 is 0 Å². The van der Waals surface area contributed by atoms with Gasteiger partial charge in [0.05, 0.1) is 12.7 Å². The minimum absolute atomic E-state index is 0.202. The number of hydrogen-bond donors (Lipinski definition) is 2. The van der Waals surface area contributed by atoms with Gasteiger partial charge in [0.2, 0.25) is 0 Å². The lowest BCUT2D eigenvalue weighted by molar-refractivity contribution is 0.00186. The lowest BCUT2D eigenvalue weighted by Gasteiger charge is -2.25. The maximum Gasteiger partial charge on any atom is 0.0590 e. The van der Waals surface area contributed by atoms with Crippen LogP contribution in [0.25, 0.3) is 0 Å². The van der Waals surface area contributed by atoms with Crippen LogP contribution in [0, 0.1) is 0 Å². The highest BCUT2D eigenvalue weighted by atomic mass is 16.5. The van der Waals surface area contributed by atoms with Crippen LogP contribution in [-0.4, -0.2) is 37.5 Å². The van der Waals surface area contributed by atoms with Crippen molar-refractivity contribution < 1.29 is 9.84 Å². The van der Waals surface area contributed by atoms with E-state index in [-0.39, 0.29) is 12.6 Å². The molecule has 3 heteroatoms. The highest BCUT2D eigenvalue weighted by Crippen LogP contribution is 2.16. The highest BCUT2D eigenvalue weighted by molar-refractivity contribution is 4.72. The topological polar surface area (TPSA) is 41.5 Å². The van der Waals surface area contributed by atoms with Crippen molar-refractivity contribution in [1.82, 2.24) is 5.32 Å². The first-order valence-electron chi connectivity index (χ1n) is 4.76. The third-order valence-electron chi connectivity index (χ3n) is 2.45. The van der Waals surface area contributed by atoms with Crippen molar-refractivity contribution in [3.63, 3.8) is 0 Å². The van der Waals surface area contributed by atoms with Gasteiger partial charge in [-0.05, 0) is 32.7 Å². The molecule has 12 heavy (non-hydrogen) atoms. The molecule has 3 nitrogen and oxygen atoms in total. The third kappa shape index (κ3) is 3.09. The van der Waals surface area contributed by atoms with E-state index in [1.54, 1.807) is 0 Å². The number of nitrogens with one attached hydrogen (secondary N) is 1. The maximum atomic E-state index is 8.94. The van der Waals surface area contributed by atoms with Crippen molar-refractivity contribution in [1.29, 1.82) is 0 Å². The molecule has 0 aromatic carbocycles. The summed E-state index contributed by atoms with van der Waals surface area (Å²) in [6, 6.07) is 0.202. The molecule has 2 N–H and O–H groups in total. The molecule has 1 rings (SSSR count). The molecule has 0 aliphatic carbocycles. The molecule has 1 heterocycles. The molecule has 72 valence electrons. The molecule has 1 fully saturated rings. The van der Waals surface area contributed by atoms with E-state index in [0.717, 1.165) is 19.4 Å². The quantitative estimate of drug-likeness (QED) is 0.651. The monoisotopic (exact) mass is 173 g/mol. The summed E-state index contributed by atoms with van der Waals surface area (Å²) in [6.45, 7) is 1.10. The maximum absolute atomic E-state index is 8.94. The first-order chi connectivity index (χ1) is 5.86. The van der Waals surface area contributed by atoms with Gasteiger partial charge in [-0.2, -0.15) is 0 Å². The second-order valence-electron chi connectivity index (χ2n) is 3.39. The van der Waals surface area contributed by atoms with Gasteiger partial charge in [-0.3, -0.25) is 0 Å². The van der Waals surface area contributed by atoms with Crippen molar-refractivity contribution in [2.75, 3.05) is 20.3 Å². The molecule has 0 spiro atoms. The minimum atomic E-state index is 0.202. The van der Waals surface area contributed by atoms with Crippen LogP contribution in [0.3, 0.4) is 0 Å². The SMILES string of the molecule is CN[C@H](CO)CC1CCCCO1. The van der Waals surface area contributed by atoms with Crippen LogP contribution >= 0.6 is 0 Å². The molecule has 2 atom stereocenters. The van der Waals surface area contributed by atoms with Crippen LogP contribution in [0.5, 0.6) is 0 Å². The van der Waals surface area contributed by atoms with E-state index in [0.29, 0.717) is 6.10 Å². The second kappa shape index (κ2) is 5.51. The fourth-order valence-electron chi connectivity index (χ4n) is 1.59. The molecule has 0 radical (unpaired) electrons. The Balaban J connectivity index is 2.18. The summed E-state index contributed by atoms with van der Waals surface area (Å²) in [7, 11) is 1.88. The Labute approximate surface area is 74.1 Å². The van der Waals surface area contributed by atoms with Crippen LogP contribution in [0.4, 0.5) is 0 Å². The van der Waals surface area contributed by atoms with Gasteiger partial charge in [0.15, 0.2) is 0 Å². The predicted molar refractivity (Wildman–Crippen MR) is 48.1 cm³/mol. The standard InChI is InChI=1S/C9H19NO2/c1-10-8(7-11)6-9-4-2-3-5-12-9/h8-11H,2-7H2,1H3/t8-,9?/m0/s1. The zero-order valence-corrected chi connectivity index (χ0v) is 7.75. The summed E-state index contributed by atoms with van der Waals surface area (Å²) in [5.74, 6) is 0. The second-order valence-corrected chi connectivity index (χ2v) is 3.39. The Morgan fingerprint density at radius 3 is 2.92 bits per heavy atom. The fourth-order valence-corrected chi connectivity index (χ4v) is 1.59. The number of aliphatic hydroxyl groups excluding tert-OH is 1. The van der Waals surface area contributed by atoms with Gasteiger partial charge in [-0.25, -0.2) is 0 Å². The summed E-state index contributed by atoms with van der Waals surface area (Å²) >= 11 is 0. The van der Waals surface area contributed by atoms with Gasteiger partial charge in [0.1, 0.15) is 0 Å². The molecular formula is C9H19NO2. The Morgan fingerprint density at radius 2 is 2.42 bits per heavy atom. The van der Waals surface area contributed by atoms with Gasteiger partial charge >= 0.3 is 0 Å². The summed E-state index contributed by atoms with van der Waals surface area (Å²) in [5.41, 5.74) is 0. The first kappa shape index (κ1) is 9.96. The van der Waals surface area contributed by atoms with Crippen LogP contribution in [0.15, 0.2) is 0 Å². The van der Waals surface area contributed by atoms with Crippen LogP contribution in [-0.2, 0) is 4.74 Å². The number of hydrogen-bond acceptors (Lipinski definition) is 3. The Bertz CT molecular complexity index is 109. The highest BCUT2D eigenvalue weighted by Gasteiger charge is 2.17. The van der Waals surface area contributed by atoms with E-state index in [4.69, 9.17) is 9.84 Å². The third-order valence-corrected chi connectivity index (χ3v) is 2.45. The molecular weight excluding hydrogens is 154 g/mol. The van der Waals surface area contributed by atoms with E-state index < -0.39 is 0 Å². The van der Waals surface area contributed by atoms with E-state index in [1.165, 1.54) is 12.8 Å². The molecule has 0 saturated carbocycles. The Hall–Kier alpha value is -0.120. The molecule has 0 aromatic rings. The largest absolute Gasteiger partial charge is 0.395 e. The van der Waals surface area contributed by atoms with Crippen LogP contribution in [0.2, 0.25) is 0 Å². The van der Waals surface area contributed by atoms with Gasteiger partial charge in [-0.15, -0.1) is 0 Å². The number of rotatable bonds is 4. The van der Waals surface area contributed by atoms with Gasteiger partial charge in [-0.1, -0.05) is 0 Å². The van der Waals surface area contributed by atoms with Crippen molar-refractivity contribution in [2.24, 2.45) is 0 Å². The lowest BCUT2D eigenvalue weighted by atomic mass is 10.0. The molecule has 1 unspecified atom stereocenters. The van der Waals surface area contributed by atoms with Crippen LogP contribution < -0.4 is 5.32 Å². The lowest BCUT2D eigenvalue weighted by Crippen LogP contribution is -2.35. The molecule has 0 aromatic heterocycles. The molecule has 0 amide bonds. The van der Waals surface area contributed by atoms with Crippen molar-refractivity contribution in [3.05, 3.63) is 0 Å². The zero-order valence-electron chi connectivity index (χ0n) is 7.75. The smallest absolute Gasteiger partial charge is 0.0590 e. The van der Waals surface area contributed by atoms with E-state index >= 15 is 0 Å². The molecule has 0 bridgehead atoms. The fraction of sp³-hybridized carbons (Fsp3) is 1.00. The Morgan fingerprint density at radius 1 is 1.58 bits per heavy atom. The summed E-state index contributed by atoms with van der Waals surface area (Å²) in [6.07, 6.45) is 4.92. The molecule has 1 aliphatic heterocycles. The summed E-state index contributed by atoms with van der Waals surface area (Å²) in [4.78, 5) is 0. The van der Waals surface area contributed by atoms with Crippen molar-refractivity contribution in [2.45, 2.75) is 37.8 Å². The van der Waals surface area contributed by atoms with E-state index in [9.17, 15) is 0 Å². The van der Waals surface area contributed by atoms with E-state index in [2.05, 4.69) is 5.32 Å². The number of ether oxygens (including phenoxy) is 1. The summed E-state index contributed by atoms with van der Waals surface area (Å²) in [5, 5.41) is 12.0. The predicted octanol–water partition coefficient (Wildman–Crippen LogP) is 0.526. The number of aliphatic hydroxyl groups is 1. The average Bonchev–Trinajstić information content (AvgIpc) is 2.16. The summed E-state index contributed by atoms with van der Waals surface area (Å²) < 4.78 is 5.56. The minimum Gasteiger partial charge on any atom is -0.395 e. The average molecular weight is 173 g/mol. The Kier molecular flexibility index (Phi) is 4.58. The molecule has 1 aliphatic rings. The van der Waals surface area contributed by atoms with Gasteiger partial charge < -0.3 is 15.2 Å². The molecule has 1 saturated heterocycles. The number of likely N-dealkylation sites (N-methyl/N-ethyl adjacent to an activating group) is 1. The van der Waals surface area contributed by atoms with Gasteiger partial charge in [0, 0.05) is 12.6 Å². The van der Waals surface area contributed by atoms with Gasteiger partial charge in [0.25, 0.3) is 0 Å². The van der Waals surface area contributed by atoms with Crippen LogP contribution in [0.1, 0.15) is 25.7 Å². The normalized spacial score (nSPS) is 27.0. The first-order valence-corrected chi connectivity index (χ1v) is 4.76.